The number of carbonyl (C=O) groups excluding carboxylic acids is 1. The molecule has 0 saturated heterocycles. The molecule has 0 aliphatic heterocycles. The van der Waals surface area contributed by atoms with Crippen molar-refractivity contribution in [2.45, 2.75) is 19.4 Å². The number of esters is 1. The first kappa shape index (κ1) is 13.8. The van der Waals surface area contributed by atoms with Gasteiger partial charge in [0.1, 0.15) is 6.10 Å². The summed E-state index contributed by atoms with van der Waals surface area (Å²) < 4.78 is 10.1. The number of anilines is 1. The number of nitrogens with two attached hydrogens (primary N) is 1. The second-order valence-corrected chi connectivity index (χ2v) is 4.11. The molecule has 4 nitrogen and oxygen atoms in total. The van der Waals surface area contributed by atoms with Crippen LogP contribution >= 0.6 is 11.6 Å². The van der Waals surface area contributed by atoms with Crippen molar-refractivity contribution in [2.24, 2.45) is 0 Å². The monoisotopic (exact) mass is 257 g/mol. The van der Waals surface area contributed by atoms with Gasteiger partial charge in [0.05, 0.1) is 16.3 Å². The Balaban J connectivity index is 2.67. The van der Waals surface area contributed by atoms with E-state index >= 15 is 0 Å². The molecule has 1 rings (SSSR count). The Kier molecular flexibility index (Phi) is 5.25. The van der Waals surface area contributed by atoms with Gasteiger partial charge in [0.25, 0.3) is 0 Å². The van der Waals surface area contributed by atoms with Gasteiger partial charge >= 0.3 is 5.97 Å². The number of hydrogen-bond donors (Lipinski definition) is 1. The molecule has 0 heterocycles. The molecule has 0 aliphatic rings. The zero-order chi connectivity index (χ0) is 12.8. The predicted molar refractivity (Wildman–Crippen MR) is 67.2 cm³/mol. The number of para-hydroxylation sites is 1. The molecule has 0 aromatic heterocycles. The van der Waals surface area contributed by atoms with E-state index in [1.807, 2.05) is 0 Å². The molecule has 1 aromatic rings. The summed E-state index contributed by atoms with van der Waals surface area (Å²) in [5.41, 5.74) is 6.24. The molecule has 1 aromatic carbocycles. The first-order valence-electron chi connectivity index (χ1n) is 5.30. The van der Waals surface area contributed by atoms with Crippen molar-refractivity contribution >= 4 is 23.3 Å². The molecule has 17 heavy (non-hydrogen) atoms. The van der Waals surface area contributed by atoms with Crippen LogP contribution in [0.2, 0.25) is 5.02 Å². The number of rotatable bonds is 5. The normalized spacial score (nSPS) is 12.2. The fourth-order valence-electron chi connectivity index (χ4n) is 1.30. The molecule has 0 radical (unpaired) electrons. The molecule has 0 aliphatic carbocycles. The van der Waals surface area contributed by atoms with E-state index in [1.165, 1.54) is 0 Å². The Bertz CT molecular complexity index is 395. The van der Waals surface area contributed by atoms with Crippen LogP contribution in [0.4, 0.5) is 5.69 Å². The van der Waals surface area contributed by atoms with E-state index in [0.29, 0.717) is 23.6 Å². The van der Waals surface area contributed by atoms with E-state index in [9.17, 15) is 4.79 Å². The van der Waals surface area contributed by atoms with Gasteiger partial charge in [0.15, 0.2) is 0 Å². The van der Waals surface area contributed by atoms with Crippen molar-refractivity contribution in [3.8, 4) is 0 Å². The fraction of sp³-hybridized carbons (Fsp3) is 0.417. The van der Waals surface area contributed by atoms with Crippen LogP contribution in [0.15, 0.2) is 18.2 Å². The van der Waals surface area contributed by atoms with Crippen LogP contribution in [0.25, 0.3) is 0 Å². The second kappa shape index (κ2) is 6.47. The molecule has 0 bridgehead atoms. The zero-order valence-corrected chi connectivity index (χ0v) is 10.7. The zero-order valence-electron chi connectivity index (χ0n) is 9.90. The summed E-state index contributed by atoms with van der Waals surface area (Å²) in [6.07, 6.45) is 0.420. The molecule has 0 amide bonds. The highest BCUT2D eigenvalue weighted by atomic mass is 35.5. The molecule has 0 saturated carbocycles. The standard InChI is InChI=1S/C12H16ClNO3/c1-8(6-7-16-2)17-12(15)9-4-3-5-10(13)11(9)14/h3-5,8H,6-7,14H2,1-2H3. The summed E-state index contributed by atoms with van der Waals surface area (Å²) in [7, 11) is 1.60. The minimum absolute atomic E-state index is 0.221. The van der Waals surface area contributed by atoms with Gasteiger partial charge in [-0.1, -0.05) is 17.7 Å². The highest BCUT2D eigenvalue weighted by Gasteiger charge is 2.15. The number of carbonyl (C=O) groups is 1. The van der Waals surface area contributed by atoms with Gasteiger partial charge in [-0.3, -0.25) is 0 Å². The lowest BCUT2D eigenvalue weighted by Crippen LogP contribution is -2.17. The molecule has 0 spiro atoms. The molecule has 1 unspecified atom stereocenters. The van der Waals surface area contributed by atoms with Crippen molar-refractivity contribution in [2.75, 3.05) is 19.5 Å². The number of methoxy groups -OCH3 is 1. The van der Waals surface area contributed by atoms with Crippen molar-refractivity contribution in [1.82, 2.24) is 0 Å². The van der Waals surface area contributed by atoms with E-state index in [4.69, 9.17) is 26.8 Å². The molecule has 5 heteroatoms. The van der Waals surface area contributed by atoms with Crippen molar-refractivity contribution in [1.29, 1.82) is 0 Å². The number of hydrogen-bond acceptors (Lipinski definition) is 4. The van der Waals surface area contributed by atoms with E-state index in [1.54, 1.807) is 32.2 Å². The average Bonchev–Trinajstić information content (AvgIpc) is 2.29. The van der Waals surface area contributed by atoms with E-state index in [2.05, 4.69) is 0 Å². The van der Waals surface area contributed by atoms with Crippen LogP contribution in [-0.4, -0.2) is 25.8 Å². The Morgan fingerprint density at radius 3 is 2.88 bits per heavy atom. The summed E-state index contributed by atoms with van der Waals surface area (Å²) in [5.74, 6) is -0.464. The first-order chi connectivity index (χ1) is 8.06. The summed E-state index contributed by atoms with van der Waals surface area (Å²) >= 11 is 5.83. The molecule has 0 fully saturated rings. The number of nitrogen functional groups attached to an aromatic ring is 1. The third-order valence-corrected chi connectivity index (χ3v) is 2.64. The van der Waals surface area contributed by atoms with Crippen LogP contribution in [0.1, 0.15) is 23.7 Å². The van der Waals surface area contributed by atoms with Gasteiger partial charge in [0, 0.05) is 20.1 Å². The van der Waals surface area contributed by atoms with E-state index in [-0.39, 0.29) is 11.8 Å². The molecular weight excluding hydrogens is 242 g/mol. The largest absolute Gasteiger partial charge is 0.459 e. The van der Waals surface area contributed by atoms with Gasteiger partial charge in [0.2, 0.25) is 0 Å². The topological polar surface area (TPSA) is 61.5 Å². The third-order valence-electron chi connectivity index (χ3n) is 2.31. The Morgan fingerprint density at radius 1 is 1.53 bits per heavy atom. The fourth-order valence-corrected chi connectivity index (χ4v) is 1.48. The van der Waals surface area contributed by atoms with Gasteiger partial charge in [-0.25, -0.2) is 4.79 Å². The smallest absolute Gasteiger partial charge is 0.340 e. The predicted octanol–water partition coefficient (Wildman–Crippen LogP) is 2.50. The Hall–Kier alpha value is -1.26. The van der Waals surface area contributed by atoms with Crippen molar-refractivity contribution in [3.63, 3.8) is 0 Å². The SMILES string of the molecule is COCCC(C)OC(=O)c1cccc(Cl)c1N. The van der Waals surface area contributed by atoms with E-state index in [0.717, 1.165) is 0 Å². The second-order valence-electron chi connectivity index (χ2n) is 3.70. The molecular formula is C12H16ClNO3. The number of benzene rings is 1. The van der Waals surface area contributed by atoms with Crippen molar-refractivity contribution < 1.29 is 14.3 Å². The summed E-state index contributed by atoms with van der Waals surface area (Å²) in [6.45, 7) is 2.34. The summed E-state index contributed by atoms with van der Waals surface area (Å²) in [4.78, 5) is 11.8. The molecule has 94 valence electrons. The van der Waals surface area contributed by atoms with Gasteiger partial charge in [-0.15, -0.1) is 0 Å². The lowest BCUT2D eigenvalue weighted by Gasteiger charge is -2.13. The maximum Gasteiger partial charge on any atom is 0.340 e. The van der Waals surface area contributed by atoms with Crippen LogP contribution in [0.5, 0.6) is 0 Å². The Morgan fingerprint density at radius 2 is 2.24 bits per heavy atom. The average molecular weight is 258 g/mol. The van der Waals surface area contributed by atoms with Crippen LogP contribution in [-0.2, 0) is 9.47 Å². The number of halogens is 1. The highest BCUT2D eigenvalue weighted by molar-refractivity contribution is 6.33. The van der Waals surface area contributed by atoms with Gasteiger partial charge < -0.3 is 15.2 Å². The Labute approximate surface area is 106 Å². The van der Waals surface area contributed by atoms with Gasteiger partial charge in [-0.2, -0.15) is 0 Å². The molecule has 2 N–H and O–H groups in total. The first-order valence-corrected chi connectivity index (χ1v) is 5.68. The summed E-state index contributed by atoms with van der Waals surface area (Å²) in [5, 5.41) is 0.351. The minimum Gasteiger partial charge on any atom is -0.459 e. The number of ether oxygens (including phenoxy) is 2. The van der Waals surface area contributed by atoms with Crippen molar-refractivity contribution in [3.05, 3.63) is 28.8 Å². The minimum atomic E-state index is -0.464. The summed E-state index contributed by atoms with van der Waals surface area (Å²) in [6, 6.07) is 4.88. The lowest BCUT2D eigenvalue weighted by molar-refractivity contribution is 0.0268. The highest BCUT2D eigenvalue weighted by Crippen LogP contribution is 2.23. The van der Waals surface area contributed by atoms with Crippen LogP contribution < -0.4 is 5.73 Å². The van der Waals surface area contributed by atoms with E-state index < -0.39 is 5.97 Å². The third kappa shape index (κ3) is 3.91. The quantitative estimate of drug-likeness (QED) is 0.650. The molecule has 1 atom stereocenters. The van der Waals surface area contributed by atoms with Crippen LogP contribution in [0.3, 0.4) is 0 Å². The van der Waals surface area contributed by atoms with Crippen LogP contribution in [0, 0.1) is 0 Å². The maximum atomic E-state index is 11.8. The lowest BCUT2D eigenvalue weighted by atomic mass is 10.2. The maximum absolute atomic E-state index is 11.8. The van der Waals surface area contributed by atoms with Gasteiger partial charge in [-0.05, 0) is 19.1 Å².